The number of guanidine groups is 1. The molecule has 0 radical (unpaired) electrons. The standard InChI is InChI=1S/C16H22F3N3/c1-3-4-5-11-21-15(20-2)22-12-10-13-6-8-14(9-7-13)16(17,18)19/h3-4,6-9H,5,10-12H2,1-2H3,(H2,20,21,22)/b4-3+. The SMILES string of the molecule is C/C=C/CCNC(=NC)NCCc1ccc(C(F)(F)F)cc1. The fraction of sp³-hybridized carbons (Fsp3) is 0.438. The number of nitrogens with zero attached hydrogens (tertiary/aromatic N) is 1. The van der Waals surface area contributed by atoms with Gasteiger partial charge < -0.3 is 10.6 Å². The Morgan fingerprint density at radius 2 is 1.77 bits per heavy atom. The maximum atomic E-state index is 12.5. The summed E-state index contributed by atoms with van der Waals surface area (Å²) in [5.74, 6) is 0.691. The van der Waals surface area contributed by atoms with Gasteiger partial charge in [-0.1, -0.05) is 24.3 Å². The molecule has 0 unspecified atom stereocenters. The van der Waals surface area contributed by atoms with E-state index in [4.69, 9.17) is 0 Å². The van der Waals surface area contributed by atoms with E-state index in [1.165, 1.54) is 12.1 Å². The Balaban J connectivity index is 2.36. The lowest BCUT2D eigenvalue weighted by molar-refractivity contribution is -0.137. The summed E-state index contributed by atoms with van der Waals surface area (Å²) in [7, 11) is 1.68. The lowest BCUT2D eigenvalue weighted by atomic mass is 10.1. The molecule has 1 aromatic carbocycles. The number of aliphatic imine (C=N–C) groups is 1. The highest BCUT2D eigenvalue weighted by molar-refractivity contribution is 5.79. The van der Waals surface area contributed by atoms with E-state index in [1.807, 2.05) is 13.0 Å². The van der Waals surface area contributed by atoms with Gasteiger partial charge in [0.25, 0.3) is 0 Å². The first-order chi connectivity index (χ1) is 10.5. The van der Waals surface area contributed by atoms with Crippen LogP contribution in [-0.2, 0) is 12.6 Å². The van der Waals surface area contributed by atoms with Crippen molar-refractivity contribution >= 4 is 5.96 Å². The molecule has 0 heterocycles. The monoisotopic (exact) mass is 313 g/mol. The van der Waals surface area contributed by atoms with Crippen molar-refractivity contribution in [3.63, 3.8) is 0 Å². The number of allylic oxidation sites excluding steroid dienone is 1. The lowest BCUT2D eigenvalue weighted by Crippen LogP contribution is -2.38. The first-order valence-electron chi connectivity index (χ1n) is 7.19. The summed E-state index contributed by atoms with van der Waals surface area (Å²) < 4.78 is 37.4. The van der Waals surface area contributed by atoms with Gasteiger partial charge in [0.15, 0.2) is 5.96 Å². The highest BCUT2D eigenvalue weighted by Crippen LogP contribution is 2.29. The average molecular weight is 313 g/mol. The minimum atomic E-state index is -4.28. The highest BCUT2D eigenvalue weighted by atomic mass is 19.4. The molecule has 6 heteroatoms. The van der Waals surface area contributed by atoms with E-state index in [9.17, 15) is 13.2 Å². The van der Waals surface area contributed by atoms with Gasteiger partial charge in [0.05, 0.1) is 5.56 Å². The van der Waals surface area contributed by atoms with Gasteiger partial charge in [0.1, 0.15) is 0 Å². The normalized spacial score (nSPS) is 12.7. The van der Waals surface area contributed by atoms with E-state index in [-0.39, 0.29) is 0 Å². The Bertz CT molecular complexity index is 490. The van der Waals surface area contributed by atoms with Crippen LogP contribution in [-0.4, -0.2) is 26.1 Å². The third-order valence-electron chi connectivity index (χ3n) is 3.05. The van der Waals surface area contributed by atoms with Crippen molar-refractivity contribution < 1.29 is 13.2 Å². The minimum absolute atomic E-state index is 0.606. The number of halogens is 3. The number of rotatable bonds is 6. The van der Waals surface area contributed by atoms with Gasteiger partial charge in [-0.2, -0.15) is 13.2 Å². The fourth-order valence-corrected chi connectivity index (χ4v) is 1.85. The molecule has 0 amide bonds. The van der Waals surface area contributed by atoms with Crippen LogP contribution in [0.25, 0.3) is 0 Å². The van der Waals surface area contributed by atoms with Crippen LogP contribution in [0.2, 0.25) is 0 Å². The molecule has 1 aromatic rings. The number of nitrogens with one attached hydrogen (secondary N) is 2. The largest absolute Gasteiger partial charge is 0.416 e. The Labute approximate surface area is 129 Å². The van der Waals surface area contributed by atoms with Crippen LogP contribution in [0.4, 0.5) is 13.2 Å². The molecule has 0 aromatic heterocycles. The van der Waals surface area contributed by atoms with E-state index in [0.717, 1.165) is 30.7 Å². The van der Waals surface area contributed by atoms with Gasteiger partial charge in [-0.3, -0.25) is 4.99 Å². The van der Waals surface area contributed by atoms with Crippen molar-refractivity contribution in [2.24, 2.45) is 4.99 Å². The summed E-state index contributed by atoms with van der Waals surface area (Å²) in [6.07, 6.45) is 1.31. The van der Waals surface area contributed by atoms with E-state index in [1.54, 1.807) is 7.05 Å². The summed E-state index contributed by atoms with van der Waals surface area (Å²) in [6, 6.07) is 5.23. The summed E-state index contributed by atoms with van der Waals surface area (Å²) in [5.41, 5.74) is 0.232. The topological polar surface area (TPSA) is 36.4 Å². The zero-order valence-corrected chi connectivity index (χ0v) is 12.9. The first kappa shape index (κ1) is 18.1. The fourth-order valence-electron chi connectivity index (χ4n) is 1.85. The summed E-state index contributed by atoms with van der Waals surface area (Å²) in [6.45, 7) is 3.36. The van der Waals surface area contributed by atoms with Crippen LogP contribution in [0, 0.1) is 0 Å². The van der Waals surface area contributed by atoms with Crippen molar-refractivity contribution in [2.75, 3.05) is 20.1 Å². The molecule has 0 saturated heterocycles. The number of hydrogen-bond donors (Lipinski definition) is 2. The smallest absolute Gasteiger partial charge is 0.356 e. The quantitative estimate of drug-likeness (QED) is 0.366. The Kier molecular flexibility index (Phi) is 7.49. The highest BCUT2D eigenvalue weighted by Gasteiger charge is 2.29. The summed E-state index contributed by atoms with van der Waals surface area (Å²) in [4.78, 5) is 4.08. The molecule has 3 nitrogen and oxygen atoms in total. The molecule has 0 fully saturated rings. The first-order valence-corrected chi connectivity index (χ1v) is 7.19. The van der Waals surface area contributed by atoms with Gasteiger partial charge in [-0.15, -0.1) is 0 Å². The third-order valence-corrected chi connectivity index (χ3v) is 3.05. The molecular formula is C16H22F3N3. The summed E-state index contributed by atoms with van der Waals surface area (Å²) in [5, 5.41) is 6.29. The van der Waals surface area contributed by atoms with E-state index in [0.29, 0.717) is 18.9 Å². The predicted molar refractivity (Wildman–Crippen MR) is 83.9 cm³/mol. The minimum Gasteiger partial charge on any atom is -0.356 e. The Hall–Kier alpha value is -1.98. The molecule has 122 valence electrons. The second-order valence-electron chi connectivity index (χ2n) is 4.73. The molecule has 0 bridgehead atoms. The molecule has 0 atom stereocenters. The zero-order valence-electron chi connectivity index (χ0n) is 12.9. The molecule has 0 spiro atoms. The van der Waals surface area contributed by atoms with Gasteiger partial charge in [-0.05, 0) is 37.5 Å². The Morgan fingerprint density at radius 3 is 2.32 bits per heavy atom. The molecule has 2 N–H and O–H groups in total. The number of benzene rings is 1. The van der Waals surface area contributed by atoms with Gasteiger partial charge in [0, 0.05) is 20.1 Å². The van der Waals surface area contributed by atoms with Crippen molar-refractivity contribution in [2.45, 2.75) is 25.9 Å². The van der Waals surface area contributed by atoms with Crippen LogP contribution < -0.4 is 10.6 Å². The molecule has 0 aliphatic rings. The summed E-state index contributed by atoms with van der Waals surface area (Å²) >= 11 is 0. The maximum Gasteiger partial charge on any atom is 0.416 e. The van der Waals surface area contributed by atoms with Gasteiger partial charge in [0.2, 0.25) is 0 Å². The van der Waals surface area contributed by atoms with Crippen molar-refractivity contribution in [3.05, 3.63) is 47.5 Å². The van der Waals surface area contributed by atoms with Crippen molar-refractivity contribution in [1.29, 1.82) is 0 Å². The molecule has 22 heavy (non-hydrogen) atoms. The van der Waals surface area contributed by atoms with Crippen molar-refractivity contribution in [3.8, 4) is 0 Å². The van der Waals surface area contributed by atoms with Crippen LogP contribution >= 0.6 is 0 Å². The molecule has 0 aliphatic heterocycles. The zero-order chi connectivity index (χ0) is 16.4. The van der Waals surface area contributed by atoms with Gasteiger partial charge in [-0.25, -0.2) is 0 Å². The second kappa shape index (κ2) is 9.12. The van der Waals surface area contributed by atoms with E-state index >= 15 is 0 Å². The lowest BCUT2D eigenvalue weighted by Gasteiger charge is -2.11. The van der Waals surface area contributed by atoms with E-state index < -0.39 is 11.7 Å². The number of hydrogen-bond acceptors (Lipinski definition) is 1. The van der Waals surface area contributed by atoms with Gasteiger partial charge >= 0.3 is 6.18 Å². The second-order valence-corrected chi connectivity index (χ2v) is 4.73. The van der Waals surface area contributed by atoms with Crippen LogP contribution in [0.5, 0.6) is 0 Å². The predicted octanol–water partition coefficient (Wildman–Crippen LogP) is 3.38. The molecular weight excluding hydrogens is 291 g/mol. The number of alkyl halides is 3. The Morgan fingerprint density at radius 1 is 1.14 bits per heavy atom. The van der Waals surface area contributed by atoms with Crippen LogP contribution in [0.3, 0.4) is 0 Å². The van der Waals surface area contributed by atoms with Crippen LogP contribution in [0.1, 0.15) is 24.5 Å². The average Bonchev–Trinajstić information content (AvgIpc) is 2.49. The molecule has 1 rings (SSSR count). The van der Waals surface area contributed by atoms with Crippen molar-refractivity contribution in [1.82, 2.24) is 10.6 Å². The molecule has 0 saturated carbocycles. The maximum absolute atomic E-state index is 12.5. The third kappa shape index (κ3) is 6.65. The van der Waals surface area contributed by atoms with Crippen LogP contribution in [0.15, 0.2) is 41.4 Å². The molecule has 0 aliphatic carbocycles. The van der Waals surface area contributed by atoms with E-state index in [2.05, 4.69) is 21.7 Å².